The average Bonchev–Trinajstić information content (AvgIpc) is 2.36. The van der Waals surface area contributed by atoms with E-state index in [0.717, 1.165) is 0 Å². The highest BCUT2D eigenvalue weighted by atomic mass is 19.4. The summed E-state index contributed by atoms with van der Waals surface area (Å²) in [6.07, 6.45) is -3.07. The summed E-state index contributed by atoms with van der Waals surface area (Å²) in [6, 6.07) is 0. The number of unbranched alkanes of at least 4 members (excludes halogenated alkanes) is 2. The first-order valence-electron chi connectivity index (χ1n) is 6.14. The van der Waals surface area contributed by atoms with Crippen LogP contribution >= 0.6 is 0 Å². The van der Waals surface area contributed by atoms with Gasteiger partial charge in [0.2, 0.25) is 5.67 Å². The van der Waals surface area contributed by atoms with Crippen LogP contribution in [-0.2, 0) is 0 Å². The van der Waals surface area contributed by atoms with E-state index >= 15 is 0 Å². The first-order chi connectivity index (χ1) is 9.56. The highest BCUT2D eigenvalue weighted by Gasteiger charge is 3.00. The second-order valence-electron chi connectivity index (χ2n) is 5.13. The molecule has 1 fully saturated rings. The van der Waals surface area contributed by atoms with Crippen LogP contribution in [0.15, 0.2) is 0 Å². The molecule has 0 amide bonds. The van der Waals surface area contributed by atoms with Gasteiger partial charge < -0.3 is 0 Å². The molecule has 1 rings (SSSR count). The van der Waals surface area contributed by atoms with Gasteiger partial charge in [0.05, 0.1) is 0 Å². The van der Waals surface area contributed by atoms with Crippen LogP contribution in [0.25, 0.3) is 0 Å². The van der Waals surface area contributed by atoms with E-state index in [2.05, 4.69) is 0 Å². The molecule has 11 heteroatoms. The van der Waals surface area contributed by atoms with Crippen LogP contribution in [0.4, 0.5) is 48.3 Å². The summed E-state index contributed by atoms with van der Waals surface area (Å²) >= 11 is 0. The Morgan fingerprint density at radius 1 is 0.500 bits per heavy atom. The molecule has 1 aliphatic rings. The summed E-state index contributed by atoms with van der Waals surface area (Å²) in [7, 11) is 0. The number of alkyl halides is 11. The quantitative estimate of drug-likeness (QED) is 0.465. The van der Waals surface area contributed by atoms with Gasteiger partial charge in [0.15, 0.2) is 0 Å². The smallest absolute Gasteiger partial charge is 0.230 e. The number of hydrogen-bond donors (Lipinski definition) is 0. The molecule has 22 heavy (non-hydrogen) atoms. The fourth-order valence-electron chi connectivity index (χ4n) is 2.22. The Kier molecular flexibility index (Phi) is 4.26. The largest absolute Gasteiger partial charge is 0.384 e. The standard InChI is InChI=1S/C11H11F11/c1-2-3-4-5-6(12)7(13,14)9(17,18)11(21,22)10(19,20)8(6,15)16/h2-5H2,1H3. The maximum Gasteiger partial charge on any atom is 0.384 e. The van der Waals surface area contributed by atoms with Gasteiger partial charge in [-0.05, 0) is 12.8 Å². The van der Waals surface area contributed by atoms with Crippen molar-refractivity contribution in [2.75, 3.05) is 0 Å². The third-order valence-electron chi connectivity index (χ3n) is 3.70. The van der Waals surface area contributed by atoms with Gasteiger partial charge >= 0.3 is 29.6 Å². The van der Waals surface area contributed by atoms with E-state index < -0.39 is 48.1 Å². The Labute approximate surface area is 117 Å². The second-order valence-corrected chi connectivity index (χ2v) is 5.13. The molecule has 0 spiro atoms. The molecule has 0 atom stereocenters. The van der Waals surface area contributed by atoms with Crippen molar-refractivity contribution in [3.63, 3.8) is 0 Å². The van der Waals surface area contributed by atoms with Crippen molar-refractivity contribution in [1.29, 1.82) is 0 Å². The lowest BCUT2D eigenvalue weighted by Gasteiger charge is -2.52. The number of halogens is 11. The van der Waals surface area contributed by atoms with Crippen molar-refractivity contribution in [3.8, 4) is 0 Å². The van der Waals surface area contributed by atoms with E-state index in [1.807, 2.05) is 0 Å². The van der Waals surface area contributed by atoms with Gasteiger partial charge in [-0.25, -0.2) is 4.39 Å². The van der Waals surface area contributed by atoms with E-state index in [1.54, 1.807) is 0 Å². The molecule has 0 bridgehead atoms. The van der Waals surface area contributed by atoms with Crippen molar-refractivity contribution in [1.82, 2.24) is 0 Å². The predicted molar refractivity (Wildman–Crippen MR) is 52.7 cm³/mol. The SMILES string of the molecule is CCCCCC1(F)C(F)(F)C(F)(F)C(F)(F)C(F)(F)C1(F)F. The highest BCUT2D eigenvalue weighted by Crippen LogP contribution is 2.70. The zero-order chi connectivity index (χ0) is 17.8. The van der Waals surface area contributed by atoms with E-state index in [4.69, 9.17) is 0 Å². The molecule has 0 N–H and O–H groups in total. The van der Waals surface area contributed by atoms with Crippen LogP contribution in [0.5, 0.6) is 0 Å². The van der Waals surface area contributed by atoms with E-state index in [9.17, 15) is 48.3 Å². The van der Waals surface area contributed by atoms with Crippen molar-refractivity contribution in [3.05, 3.63) is 0 Å². The second kappa shape index (κ2) is 4.86. The van der Waals surface area contributed by atoms with Crippen LogP contribution in [0.3, 0.4) is 0 Å². The van der Waals surface area contributed by atoms with Crippen molar-refractivity contribution in [2.24, 2.45) is 0 Å². The van der Waals surface area contributed by atoms with Gasteiger partial charge in [-0.15, -0.1) is 0 Å². The van der Waals surface area contributed by atoms with Gasteiger partial charge in [0.25, 0.3) is 0 Å². The fourth-order valence-corrected chi connectivity index (χ4v) is 2.22. The lowest BCUT2D eigenvalue weighted by molar-refractivity contribution is -0.485. The first-order valence-corrected chi connectivity index (χ1v) is 6.14. The summed E-state index contributed by atoms with van der Waals surface area (Å²) in [5.74, 6) is -34.4. The molecular weight excluding hydrogens is 341 g/mol. The van der Waals surface area contributed by atoms with Crippen molar-refractivity contribution < 1.29 is 48.3 Å². The monoisotopic (exact) mass is 352 g/mol. The summed E-state index contributed by atoms with van der Waals surface area (Å²) in [6.45, 7) is 1.40. The number of rotatable bonds is 4. The van der Waals surface area contributed by atoms with Crippen LogP contribution in [0, 0.1) is 0 Å². The van der Waals surface area contributed by atoms with Crippen LogP contribution < -0.4 is 0 Å². The summed E-state index contributed by atoms with van der Waals surface area (Å²) in [5.41, 5.74) is -5.80. The minimum Gasteiger partial charge on any atom is -0.230 e. The predicted octanol–water partition coefficient (Wildman–Crippen LogP) is 5.47. The Balaban J connectivity index is 3.55. The third-order valence-corrected chi connectivity index (χ3v) is 3.70. The molecule has 0 aliphatic heterocycles. The summed E-state index contributed by atoms with van der Waals surface area (Å²) < 4.78 is 145. The van der Waals surface area contributed by atoms with E-state index in [0.29, 0.717) is 0 Å². The average molecular weight is 352 g/mol. The molecule has 0 radical (unpaired) electrons. The molecule has 0 aromatic heterocycles. The van der Waals surface area contributed by atoms with Gasteiger partial charge in [0.1, 0.15) is 0 Å². The summed E-state index contributed by atoms with van der Waals surface area (Å²) in [4.78, 5) is 0. The fraction of sp³-hybridized carbons (Fsp3) is 1.00. The molecule has 0 aromatic rings. The maximum absolute atomic E-state index is 14.0. The van der Waals surface area contributed by atoms with Gasteiger partial charge in [-0.3, -0.25) is 0 Å². The Bertz CT molecular complexity index is 396. The van der Waals surface area contributed by atoms with Gasteiger partial charge in [0, 0.05) is 0 Å². The zero-order valence-electron chi connectivity index (χ0n) is 11.0. The molecule has 0 heterocycles. The zero-order valence-corrected chi connectivity index (χ0v) is 11.0. The van der Waals surface area contributed by atoms with Crippen LogP contribution in [0.2, 0.25) is 0 Å². The lowest BCUT2D eigenvalue weighted by Crippen LogP contribution is -2.83. The molecule has 1 aliphatic carbocycles. The maximum atomic E-state index is 14.0. The Morgan fingerprint density at radius 3 is 1.14 bits per heavy atom. The molecule has 0 aromatic carbocycles. The first kappa shape index (κ1) is 19.3. The van der Waals surface area contributed by atoms with Crippen molar-refractivity contribution in [2.45, 2.75) is 67.9 Å². The van der Waals surface area contributed by atoms with Crippen molar-refractivity contribution >= 4 is 0 Å². The lowest BCUT2D eigenvalue weighted by atomic mass is 9.70. The van der Waals surface area contributed by atoms with Crippen LogP contribution in [-0.4, -0.2) is 35.3 Å². The summed E-state index contributed by atoms with van der Waals surface area (Å²) in [5, 5.41) is 0. The topological polar surface area (TPSA) is 0 Å². The van der Waals surface area contributed by atoms with E-state index in [-0.39, 0.29) is 12.8 Å². The van der Waals surface area contributed by atoms with E-state index in [1.165, 1.54) is 6.92 Å². The molecular formula is C11H11F11. The van der Waals surface area contributed by atoms with Gasteiger partial charge in [-0.1, -0.05) is 19.8 Å². The third kappa shape index (κ3) is 1.82. The molecule has 0 saturated heterocycles. The minimum atomic E-state index is -7.12. The molecule has 132 valence electrons. The molecule has 0 nitrogen and oxygen atoms in total. The normalized spacial score (nSPS) is 30.0. The Morgan fingerprint density at radius 2 is 0.818 bits per heavy atom. The van der Waals surface area contributed by atoms with Gasteiger partial charge in [-0.2, -0.15) is 43.9 Å². The number of hydrogen-bond acceptors (Lipinski definition) is 0. The molecule has 0 unspecified atom stereocenters. The van der Waals surface area contributed by atoms with Crippen LogP contribution in [0.1, 0.15) is 32.6 Å². The minimum absolute atomic E-state index is 0.135. The molecule has 1 saturated carbocycles. The highest BCUT2D eigenvalue weighted by molar-refractivity contribution is 5.26. The Hall–Kier alpha value is -0.770.